The lowest BCUT2D eigenvalue weighted by atomic mass is 10.1. The van der Waals surface area contributed by atoms with E-state index in [0.29, 0.717) is 47.5 Å². The number of fused-ring (bicyclic) bond motifs is 1. The van der Waals surface area contributed by atoms with E-state index in [9.17, 15) is 9.59 Å². The van der Waals surface area contributed by atoms with Crippen LogP contribution in [-0.2, 0) is 9.53 Å². The molecular formula is C23H27NO8. The normalized spacial score (nSPS) is 13.0. The van der Waals surface area contributed by atoms with Crippen molar-refractivity contribution in [2.24, 2.45) is 0 Å². The molecule has 0 bridgehead atoms. The fraction of sp³-hybridized carbons (Fsp3) is 0.391. The number of benzene rings is 2. The van der Waals surface area contributed by atoms with Gasteiger partial charge >= 0.3 is 5.97 Å². The molecular weight excluding hydrogens is 418 g/mol. The number of carbonyl (C=O) groups is 2. The highest BCUT2D eigenvalue weighted by Gasteiger charge is 2.22. The highest BCUT2D eigenvalue weighted by Crippen LogP contribution is 2.40. The summed E-state index contributed by atoms with van der Waals surface area (Å²) in [5.74, 6) is 1.48. The van der Waals surface area contributed by atoms with E-state index >= 15 is 0 Å². The van der Waals surface area contributed by atoms with Crippen LogP contribution in [0, 0.1) is 0 Å². The smallest absolute Gasteiger partial charge is 0.344 e. The van der Waals surface area contributed by atoms with Crippen LogP contribution in [0.25, 0.3) is 0 Å². The number of nitrogens with one attached hydrogen (secondary N) is 1. The molecule has 2 aromatic carbocycles. The topological polar surface area (TPSA) is 102 Å². The maximum Gasteiger partial charge on any atom is 0.344 e. The Morgan fingerprint density at radius 1 is 1.03 bits per heavy atom. The number of rotatable bonds is 9. The molecule has 0 fully saturated rings. The summed E-state index contributed by atoms with van der Waals surface area (Å²) in [7, 11) is 3.01. The molecule has 1 aliphatic heterocycles. The van der Waals surface area contributed by atoms with E-state index in [-0.39, 0.29) is 25.2 Å². The second kappa shape index (κ2) is 10.6. The Morgan fingerprint density at radius 3 is 2.50 bits per heavy atom. The molecule has 1 aliphatic rings. The van der Waals surface area contributed by atoms with Gasteiger partial charge in [-0.3, -0.25) is 4.79 Å². The van der Waals surface area contributed by atoms with Crippen molar-refractivity contribution >= 4 is 11.9 Å². The molecule has 0 saturated heterocycles. The molecule has 0 spiro atoms. The van der Waals surface area contributed by atoms with Crippen molar-refractivity contribution in [1.29, 1.82) is 0 Å². The van der Waals surface area contributed by atoms with Crippen LogP contribution in [0.4, 0.5) is 0 Å². The van der Waals surface area contributed by atoms with E-state index in [4.69, 9.17) is 28.4 Å². The number of methoxy groups -OCH3 is 2. The predicted octanol–water partition coefficient (Wildman–Crippen LogP) is 2.91. The summed E-state index contributed by atoms with van der Waals surface area (Å²) < 4.78 is 32.2. The first-order valence-corrected chi connectivity index (χ1v) is 10.2. The minimum Gasteiger partial charge on any atom is -0.493 e. The van der Waals surface area contributed by atoms with Gasteiger partial charge in [0.15, 0.2) is 29.6 Å². The molecule has 0 unspecified atom stereocenters. The van der Waals surface area contributed by atoms with Crippen LogP contribution in [0.2, 0.25) is 0 Å². The van der Waals surface area contributed by atoms with Crippen molar-refractivity contribution in [3.8, 4) is 28.7 Å². The predicted molar refractivity (Wildman–Crippen MR) is 115 cm³/mol. The lowest BCUT2D eigenvalue weighted by molar-refractivity contribution is -0.145. The van der Waals surface area contributed by atoms with E-state index in [1.54, 1.807) is 37.3 Å². The first-order valence-electron chi connectivity index (χ1n) is 10.2. The van der Waals surface area contributed by atoms with Gasteiger partial charge in [0.05, 0.1) is 26.9 Å². The number of hydrogen-bond donors (Lipinski definition) is 1. The standard InChI is InChI=1S/C23H27NO8/c1-5-29-21(25)13-32-17-7-6-15(10-18(17)27-3)14(2)24-23(26)16-11-19(28-4)22-20(12-16)30-8-9-31-22/h6-7,10-12,14H,5,8-9,13H2,1-4H3,(H,24,26)/t14-/m0/s1. The molecule has 1 amide bonds. The number of ether oxygens (including phenoxy) is 6. The number of carbonyl (C=O) groups excluding carboxylic acids is 2. The largest absolute Gasteiger partial charge is 0.493 e. The zero-order valence-electron chi connectivity index (χ0n) is 18.6. The summed E-state index contributed by atoms with van der Waals surface area (Å²) >= 11 is 0. The molecule has 1 atom stereocenters. The van der Waals surface area contributed by atoms with Crippen molar-refractivity contribution < 1.29 is 38.0 Å². The second-order valence-corrected chi connectivity index (χ2v) is 6.90. The van der Waals surface area contributed by atoms with Crippen molar-refractivity contribution in [3.05, 3.63) is 41.5 Å². The van der Waals surface area contributed by atoms with Gasteiger partial charge in [-0.25, -0.2) is 4.79 Å². The molecule has 1 heterocycles. The third-order valence-corrected chi connectivity index (χ3v) is 4.78. The third-order valence-electron chi connectivity index (χ3n) is 4.78. The van der Waals surface area contributed by atoms with Crippen LogP contribution in [0.5, 0.6) is 28.7 Å². The molecule has 0 saturated carbocycles. The van der Waals surface area contributed by atoms with Gasteiger partial charge in [0.2, 0.25) is 5.75 Å². The molecule has 9 nitrogen and oxygen atoms in total. The van der Waals surface area contributed by atoms with Gasteiger partial charge in [-0.15, -0.1) is 0 Å². The van der Waals surface area contributed by atoms with Gasteiger partial charge in [0, 0.05) is 5.56 Å². The van der Waals surface area contributed by atoms with Gasteiger partial charge in [-0.2, -0.15) is 0 Å². The maximum atomic E-state index is 12.9. The van der Waals surface area contributed by atoms with E-state index in [1.165, 1.54) is 14.2 Å². The Hall–Kier alpha value is -3.62. The molecule has 0 aromatic heterocycles. The molecule has 0 aliphatic carbocycles. The number of hydrogen-bond acceptors (Lipinski definition) is 8. The quantitative estimate of drug-likeness (QED) is 0.588. The van der Waals surface area contributed by atoms with E-state index in [1.807, 2.05) is 6.92 Å². The fourth-order valence-electron chi connectivity index (χ4n) is 3.18. The minimum absolute atomic E-state index is 0.220. The average Bonchev–Trinajstić information content (AvgIpc) is 2.81. The van der Waals surface area contributed by atoms with Crippen LogP contribution >= 0.6 is 0 Å². The highest BCUT2D eigenvalue weighted by atomic mass is 16.6. The van der Waals surface area contributed by atoms with Gasteiger partial charge in [-0.05, 0) is 43.7 Å². The van der Waals surface area contributed by atoms with Gasteiger partial charge in [0.25, 0.3) is 5.91 Å². The molecule has 172 valence electrons. The SMILES string of the molecule is CCOC(=O)COc1ccc([C@H](C)NC(=O)c2cc(OC)c3c(c2)OCCO3)cc1OC. The molecule has 9 heteroatoms. The minimum atomic E-state index is -0.464. The first kappa shape index (κ1) is 23.1. The summed E-state index contributed by atoms with van der Waals surface area (Å²) in [5.41, 5.74) is 1.18. The van der Waals surface area contributed by atoms with Gasteiger partial charge in [0.1, 0.15) is 13.2 Å². The van der Waals surface area contributed by atoms with Crippen molar-refractivity contribution in [2.75, 3.05) is 40.6 Å². The van der Waals surface area contributed by atoms with Crippen LogP contribution in [0.15, 0.2) is 30.3 Å². The molecule has 3 rings (SSSR count). The Morgan fingerprint density at radius 2 is 1.78 bits per heavy atom. The van der Waals surface area contributed by atoms with Crippen LogP contribution in [0.3, 0.4) is 0 Å². The van der Waals surface area contributed by atoms with Crippen molar-refractivity contribution in [1.82, 2.24) is 5.32 Å². The number of esters is 1. The average molecular weight is 445 g/mol. The van der Waals surface area contributed by atoms with Crippen LogP contribution in [-0.4, -0.2) is 52.5 Å². The summed E-state index contributed by atoms with van der Waals surface area (Å²) in [6, 6.07) is 8.13. The monoisotopic (exact) mass is 445 g/mol. The first-order chi connectivity index (χ1) is 15.5. The Bertz CT molecular complexity index is 957. The van der Waals surface area contributed by atoms with Crippen molar-refractivity contribution in [2.45, 2.75) is 19.9 Å². The summed E-state index contributed by atoms with van der Waals surface area (Å²) in [5, 5.41) is 2.95. The van der Waals surface area contributed by atoms with Gasteiger partial charge < -0.3 is 33.7 Å². The summed E-state index contributed by atoms with van der Waals surface area (Å²) in [4.78, 5) is 24.4. The second-order valence-electron chi connectivity index (χ2n) is 6.90. The zero-order chi connectivity index (χ0) is 23.1. The van der Waals surface area contributed by atoms with E-state index in [0.717, 1.165) is 5.56 Å². The molecule has 2 aromatic rings. The lowest BCUT2D eigenvalue weighted by Crippen LogP contribution is -2.27. The summed E-state index contributed by atoms with van der Waals surface area (Å²) in [6.07, 6.45) is 0. The van der Waals surface area contributed by atoms with Crippen LogP contribution in [0.1, 0.15) is 35.8 Å². The Kier molecular flexibility index (Phi) is 7.64. The Balaban J connectivity index is 1.72. The number of amides is 1. The Labute approximate surface area is 186 Å². The van der Waals surface area contributed by atoms with E-state index in [2.05, 4.69) is 5.32 Å². The van der Waals surface area contributed by atoms with Gasteiger partial charge in [-0.1, -0.05) is 6.07 Å². The summed E-state index contributed by atoms with van der Waals surface area (Å²) in [6.45, 7) is 4.47. The molecule has 0 radical (unpaired) electrons. The fourth-order valence-corrected chi connectivity index (χ4v) is 3.18. The van der Waals surface area contributed by atoms with Crippen LogP contribution < -0.4 is 29.0 Å². The zero-order valence-corrected chi connectivity index (χ0v) is 18.6. The van der Waals surface area contributed by atoms with E-state index < -0.39 is 5.97 Å². The maximum absolute atomic E-state index is 12.9. The molecule has 32 heavy (non-hydrogen) atoms. The lowest BCUT2D eigenvalue weighted by Gasteiger charge is -2.22. The molecule has 1 N–H and O–H groups in total. The van der Waals surface area contributed by atoms with Crippen molar-refractivity contribution in [3.63, 3.8) is 0 Å². The highest BCUT2D eigenvalue weighted by molar-refractivity contribution is 5.96. The third kappa shape index (κ3) is 5.35.